The van der Waals surface area contributed by atoms with E-state index >= 15 is 0 Å². The number of hydrogen-bond donors (Lipinski definition) is 0. The van der Waals surface area contributed by atoms with Crippen LogP contribution < -0.4 is 0 Å². The maximum Gasteiger partial charge on any atom is 0.0708 e. The molecule has 10 rings (SSSR count). The number of pyridine rings is 1. The molecule has 1 nitrogen and oxygen atoms in total. The average Bonchev–Trinajstić information content (AvgIpc) is 3.26. The average molecular weight is 686 g/mol. The van der Waals surface area contributed by atoms with Gasteiger partial charge in [0.15, 0.2) is 0 Å². The summed E-state index contributed by atoms with van der Waals surface area (Å²) in [5, 5.41) is 6.12. The summed E-state index contributed by atoms with van der Waals surface area (Å²) < 4.78 is 0. The van der Waals surface area contributed by atoms with E-state index in [-0.39, 0.29) is 0 Å². The maximum atomic E-state index is 4.63. The van der Waals surface area contributed by atoms with Gasteiger partial charge in [-0.25, -0.2) is 0 Å². The van der Waals surface area contributed by atoms with Crippen molar-refractivity contribution < 1.29 is 0 Å². The number of rotatable bonds is 6. The molecule has 10 aromatic rings. The molecule has 9 aromatic carbocycles. The summed E-state index contributed by atoms with van der Waals surface area (Å²) >= 11 is 0. The van der Waals surface area contributed by atoms with Crippen LogP contribution in [0.5, 0.6) is 0 Å². The summed E-state index contributed by atoms with van der Waals surface area (Å²) in [6.45, 7) is 0. The smallest absolute Gasteiger partial charge is 0.0708 e. The number of nitrogens with zero attached hydrogens (tertiary/aromatic N) is 1. The van der Waals surface area contributed by atoms with Crippen LogP contribution in [0.1, 0.15) is 0 Å². The molecule has 0 saturated carbocycles. The van der Waals surface area contributed by atoms with E-state index in [1.165, 1.54) is 82.7 Å². The number of aromatic nitrogens is 1. The summed E-state index contributed by atoms with van der Waals surface area (Å²) in [5.74, 6) is 0. The number of fused-ring (bicyclic) bond motifs is 3. The molecule has 0 spiro atoms. The Morgan fingerprint density at radius 2 is 0.741 bits per heavy atom. The van der Waals surface area contributed by atoms with Gasteiger partial charge in [0.05, 0.1) is 5.52 Å². The van der Waals surface area contributed by atoms with Crippen LogP contribution in [0.15, 0.2) is 212 Å². The van der Waals surface area contributed by atoms with Crippen molar-refractivity contribution >= 4 is 32.4 Å². The summed E-state index contributed by atoms with van der Waals surface area (Å²) in [4.78, 5) is 4.63. The minimum atomic E-state index is 1.01. The fourth-order valence-electron chi connectivity index (χ4n) is 8.16. The van der Waals surface area contributed by atoms with Crippen LogP contribution in [0.25, 0.3) is 99.2 Å². The standard InChI is InChI=1S/C53H35N/c1-3-14-36(15-4-1)40-29-30-45(50(34-40)37-16-5-2-6-17-37)42-19-12-21-44(33-42)53-48-25-9-7-23-46(48)52(47-24-8-10-26-49(47)53)43-20-11-18-39(32-43)41-28-27-38-22-13-31-54-51(38)35-41/h1-35H. The predicted molar refractivity (Wildman–Crippen MR) is 229 cm³/mol. The minimum absolute atomic E-state index is 1.01. The molecule has 252 valence electrons. The van der Waals surface area contributed by atoms with Crippen molar-refractivity contribution in [2.75, 3.05) is 0 Å². The highest BCUT2D eigenvalue weighted by atomic mass is 14.6. The fraction of sp³-hybridized carbons (Fsp3) is 0. The Kier molecular flexibility index (Phi) is 7.89. The highest BCUT2D eigenvalue weighted by Crippen LogP contribution is 2.45. The molecule has 54 heavy (non-hydrogen) atoms. The summed E-state index contributed by atoms with van der Waals surface area (Å²) in [6, 6.07) is 74.9. The fourth-order valence-corrected chi connectivity index (χ4v) is 8.16. The molecule has 0 bridgehead atoms. The van der Waals surface area contributed by atoms with Crippen molar-refractivity contribution in [3.05, 3.63) is 212 Å². The summed E-state index contributed by atoms with van der Waals surface area (Å²) in [6.07, 6.45) is 1.86. The third-order valence-corrected chi connectivity index (χ3v) is 10.7. The van der Waals surface area contributed by atoms with E-state index in [1.807, 2.05) is 12.3 Å². The Labute approximate surface area is 315 Å². The van der Waals surface area contributed by atoms with E-state index in [0.717, 1.165) is 16.5 Å². The van der Waals surface area contributed by atoms with Crippen molar-refractivity contribution in [1.29, 1.82) is 0 Å². The van der Waals surface area contributed by atoms with Crippen LogP contribution in [0, 0.1) is 0 Å². The first-order chi connectivity index (χ1) is 26.8. The molecule has 0 N–H and O–H groups in total. The first-order valence-electron chi connectivity index (χ1n) is 18.5. The van der Waals surface area contributed by atoms with Gasteiger partial charge >= 0.3 is 0 Å². The highest BCUT2D eigenvalue weighted by molar-refractivity contribution is 6.21. The van der Waals surface area contributed by atoms with Gasteiger partial charge in [0.1, 0.15) is 0 Å². The lowest BCUT2D eigenvalue weighted by Crippen LogP contribution is -1.92. The lowest BCUT2D eigenvalue weighted by atomic mass is 9.84. The van der Waals surface area contributed by atoms with Gasteiger partial charge in [0.2, 0.25) is 0 Å². The van der Waals surface area contributed by atoms with Gasteiger partial charge in [-0.2, -0.15) is 0 Å². The van der Waals surface area contributed by atoms with Gasteiger partial charge in [-0.3, -0.25) is 4.98 Å². The van der Waals surface area contributed by atoms with Gasteiger partial charge in [0.25, 0.3) is 0 Å². The van der Waals surface area contributed by atoms with Gasteiger partial charge in [-0.1, -0.05) is 176 Å². The number of benzene rings is 9. The molecular formula is C53H35N. The molecule has 0 atom stereocenters. The highest BCUT2D eigenvalue weighted by Gasteiger charge is 2.18. The third-order valence-electron chi connectivity index (χ3n) is 10.7. The second kappa shape index (κ2) is 13.5. The maximum absolute atomic E-state index is 4.63. The van der Waals surface area contributed by atoms with Crippen molar-refractivity contribution in [2.24, 2.45) is 0 Å². The van der Waals surface area contributed by atoms with Crippen LogP contribution in [0.2, 0.25) is 0 Å². The van der Waals surface area contributed by atoms with Gasteiger partial charge in [-0.15, -0.1) is 0 Å². The summed E-state index contributed by atoms with van der Waals surface area (Å²) in [7, 11) is 0. The van der Waals surface area contributed by atoms with E-state index in [4.69, 9.17) is 0 Å². The van der Waals surface area contributed by atoms with Gasteiger partial charge in [0, 0.05) is 11.6 Å². The van der Waals surface area contributed by atoms with Crippen molar-refractivity contribution in [3.8, 4) is 66.8 Å². The molecule has 0 aliphatic heterocycles. The molecule has 0 amide bonds. The van der Waals surface area contributed by atoms with Crippen LogP contribution in [-0.4, -0.2) is 4.98 Å². The van der Waals surface area contributed by atoms with E-state index in [1.54, 1.807) is 0 Å². The topological polar surface area (TPSA) is 12.9 Å². The normalized spacial score (nSPS) is 11.3. The molecule has 0 radical (unpaired) electrons. The molecule has 0 unspecified atom stereocenters. The molecule has 0 saturated heterocycles. The van der Waals surface area contributed by atoms with E-state index in [9.17, 15) is 0 Å². The van der Waals surface area contributed by atoms with Crippen molar-refractivity contribution in [2.45, 2.75) is 0 Å². The SMILES string of the molecule is c1ccc(-c2ccc(-c3cccc(-c4c5ccccc5c(-c5cccc(-c6ccc7cccnc7c6)c5)c5ccccc45)c3)c(-c3ccccc3)c2)cc1. The monoisotopic (exact) mass is 685 g/mol. The van der Waals surface area contributed by atoms with Crippen molar-refractivity contribution in [3.63, 3.8) is 0 Å². The lowest BCUT2D eigenvalue weighted by Gasteiger charge is -2.19. The van der Waals surface area contributed by atoms with Crippen molar-refractivity contribution in [1.82, 2.24) is 4.98 Å². The quantitative estimate of drug-likeness (QED) is 0.159. The molecule has 1 heteroatoms. The van der Waals surface area contributed by atoms with Gasteiger partial charge < -0.3 is 0 Å². The van der Waals surface area contributed by atoms with Gasteiger partial charge in [-0.05, 0) is 119 Å². The largest absolute Gasteiger partial charge is 0.256 e. The molecule has 0 fully saturated rings. The summed E-state index contributed by atoms with van der Waals surface area (Å²) in [5.41, 5.74) is 15.5. The molecular weight excluding hydrogens is 651 g/mol. The zero-order valence-electron chi connectivity index (χ0n) is 29.7. The second-order valence-corrected chi connectivity index (χ2v) is 13.9. The first-order valence-corrected chi connectivity index (χ1v) is 18.5. The Hall–Kier alpha value is -7.09. The zero-order chi connectivity index (χ0) is 35.8. The number of hydrogen-bond acceptors (Lipinski definition) is 1. The molecule has 0 aliphatic rings. The minimum Gasteiger partial charge on any atom is -0.256 e. The first kappa shape index (κ1) is 31.6. The second-order valence-electron chi connectivity index (χ2n) is 13.9. The third kappa shape index (κ3) is 5.64. The van der Waals surface area contributed by atoms with E-state index < -0.39 is 0 Å². The lowest BCUT2D eigenvalue weighted by molar-refractivity contribution is 1.41. The Morgan fingerprint density at radius 3 is 1.39 bits per heavy atom. The Morgan fingerprint density at radius 1 is 0.259 bits per heavy atom. The Bertz CT molecular complexity index is 2920. The van der Waals surface area contributed by atoms with Crippen LogP contribution >= 0.6 is 0 Å². The Balaban J connectivity index is 1.15. The van der Waals surface area contributed by atoms with Crippen LogP contribution in [-0.2, 0) is 0 Å². The van der Waals surface area contributed by atoms with E-state index in [0.29, 0.717) is 0 Å². The zero-order valence-corrected chi connectivity index (χ0v) is 29.7. The van der Waals surface area contributed by atoms with E-state index in [2.05, 4.69) is 205 Å². The predicted octanol–water partition coefficient (Wildman–Crippen LogP) is 14.5. The molecule has 0 aliphatic carbocycles. The van der Waals surface area contributed by atoms with Crippen LogP contribution in [0.4, 0.5) is 0 Å². The van der Waals surface area contributed by atoms with Crippen LogP contribution in [0.3, 0.4) is 0 Å². The molecule has 1 heterocycles. The molecule has 1 aromatic heterocycles.